The molecule has 0 spiro atoms. The molecule has 1 N–H and O–H groups in total. The van der Waals surface area contributed by atoms with E-state index in [4.69, 9.17) is 9.47 Å². The van der Waals surface area contributed by atoms with E-state index in [0.717, 1.165) is 11.3 Å². The number of carbonyl (C=O) groups is 1. The highest BCUT2D eigenvalue weighted by Gasteiger charge is 2.18. The maximum absolute atomic E-state index is 13.9. The molecule has 1 aliphatic heterocycles. The lowest BCUT2D eigenvalue weighted by Gasteiger charge is -2.07. The average molecular weight is 422 g/mol. The normalized spacial score (nSPS) is 12.2. The second-order valence-corrected chi connectivity index (χ2v) is 7.44. The molecule has 9 heteroatoms. The molecule has 7 nitrogen and oxygen atoms in total. The number of carbonyl (C=O) groups excluding carboxylic acids is 1. The standard InChI is InChI=1S/C21H15FN4O3S/c1-12-8-19(24-20(27)14-4-2-3-5-15(14)22)26(25-12)21-23-16(10-30-21)13-6-7-17-18(9-13)29-11-28-17/h2-10H,11H2,1H3,(H,24,27). The van der Waals surface area contributed by atoms with E-state index in [1.54, 1.807) is 12.1 Å². The molecule has 2 aromatic heterocycles. The van der Waals surface area contributed by atoms with E-state index >= 15 is 0 Å². The Morgan fingerprint density at radius 3 is 2.87 bits per heavy atom. The van der Waals surface area contributed by atoms with E-state index in [1.165, 1.54) is 34.2 Å². The Hall–Kier alpha value is -3.72. The third-order valence-electron chi connectivity index (χ3n) is 4.53. The number of aryl methyl sites for hydroxylation is 1. The van der Waals surface area contributed by atoms with Crippen LogP contribution in [0.5, 0.6) is 11.5 Å². The first-order valence-corrected chi connectivity index (χ1v) is 9.95. The van der Waals surface area contributed by atoms with Crippen molar-refractivity contribution in [3.8, 4) is 27.9 Å². The summed E-state index contributed by atoms with van der Waals surface area (Å²) < 4.78 is 26.3. The number of aromatic nitrogens is 3. The zero-order valence-corrected chi connectivity index (χ0v) is 16.6. The van der Waals surface area contributed by atoms with Crippen molar-refractivity contribution < 1.29 is 18.7 Å². The summed E-state index contributed by atoms with van der Waals surface area (Å²) in [6.07, 6.45) is 0. The first-order valence-electron chi connectivity index (χ1n) is 9.07. The number of anilines is 1. The SMILES string of the molecule is Cc1cc(NC(=O)c2ccccc2F)n(-c2nc(-c3ccc4c(c3)OCO4)cs2)n1. The number of benzene rings is 2. The molecule has 0 aliphatic carbocycles. The summed E-state index contributed by atoms with van der Waals surface area (Å²) in [5, 5.41) is 9.61. The zero-order chi connectivity index (χ0) is 20.7. The first-order chi connectivity index (χ1) is 14.6. The smallest absolute Gasteiger partial charge is 0.259 e. The van der Waals surface area contributed by atoms with Crippen molar-refractivity contribution in [1.29, 1.82) is 0 Å². The molecule has 0 atom stereocenters. The Morgan fingerprint density at radius 1 is 1.17 bits per heavy atom. The van der Waals surface area contributed by atoms with E-state index in [0.29, 0.717) is 28.1 Å². The highest BCUT2D eigenvalue weighted by Crippen LogP contribution is 2.36. The topological polar surface area (TPSA) is 78.3 Å². The van der Waals surface area contributed by atoms with Crippen molar-refractivity contribution in [2.75, 3.05) is 12.1 Å². The van der Waals surface area contributed by atoms with Gasteiger partial charge in [-0.15, -0.1) is 11.3 Å². The molecule has 0 radical (unpaired) electrons. The van der Waals surface area contributed by atoms with Crippen molar-refractivity contribution in [3.05, 3.63) is 71.0 Å². The van der Waals surface area contributed by atoms with Gasteiger partial charge in [0.05, 0.1) is 17.0 Å². The lowest BCUT2D eigenvalue weighted by molar-refractivity contribution is 0.102. The van der Waals surface area contributed by atoms with E-state index in [9.17, 15) is 9.18 Å². The van der Waals surface area contributed by atoms with Gasteiger partial charge in [0.15, 0.2) is 11.5 Å². The summed E-state index contributed by atoms with van der Waals surface area (Å²) >= 11 is 1.38. The van der Waals surface area contributed by atoms with Gasteiger partial charge in [0.2, 0.25) is 11.9 Å². The number of nitrogens with one attached hydrogen (secondary N) is 1. The molecule has 1 amide bonds. The maximum atomic E-state index is 13.9. The number of fused-ring (bicyclic) bond motifs is 1. The lowest BCUT2D eigenvalue weighted by atomic mass is 10.1. The minimum Gasteiger partial charge on any atom is -0.454 e. The molecule has 150 valence electrons. The fraction of sp³-hybridized carbons (Fsp3) is 0.0952. The summed E-state index contributed by atoms with van der Waals surface area (Å²) in [6, 6.07) is 13.1. The summed E-state index contributed by atoms with van der Waals surface area (Å²) in [7, 11) is 0. The van der Waals surface area contributed by atoms with Crippen LogP contribution in [0, 0.1) is 12.7 Å². The fourth-order valence-electron chi connectivity index (χ4n) is 3.11. The van der Waals surface area contributed by atoms with Gasteiger partial charge in [0, 0.05) is 17.0 Å². The van der Waals surface area contributed by atoms with Gasteiger partial charge in [-0.3, -0.25) is 4.79 Å². The number of thiazole rings is 1. The van der Waals surface area contributed by atoms with Crippen LogP contribution in [-0.2, 0) is 0 Å². The van der Waals surface area contributed by atoms with E-state index in [1.807, 2.05) is 30.5 Å². The van der Waals surface area contributed by atoms with Gasteiger partial charge >= 0.3 is 0 Å². The molecule has 3 heterocycles. The van der Waals surface area contributed by atoms with Crippen molar-refractivity contribution in [2.45, 2.75) is 6.92 Å². The van der Waals surface area contributed by atoms with E-state index in [-0.39, 0.29) is 12.4 Å². The van der Waals surface area contributed by atoms with Crippen molar-refractivity contribution >= 4 is 23.1 Å². The monoisotopic (exact) mass is 422 g/mol. The quantitative estimate of drug-likeness (QED) is 0.527. The van der Waals surface area contributed by atoms with Crippen LogP contribution < -0.4 is 14.8 Å². The van der Waals surface area contributed by atoms with Crippen LogP contribution in [0.2, 0.25) is 0 Å². The Morgan fingerprint density at radius 2 is 2.00 bits per heavy atom. The maximum Gasteiger partial charge on any atom is 0.259 e. The summed E-state index contributed by atoms with van der Waals surface area (Å²) in [6.45, 7) is 2.01. The van der Waals surface area contributed by atoms with Crippen LogP contribution in [0.4, 0.5) is 10.2 Å². The largest absolute Gasteiger partial charge is 0.454 e. The number of hydrogen-bond donors (Lipinski definition) is 1. The third-order valence-corrected chi connectivity index (χ3v) is 5.35. The molecule has 1 aliphatic rings. The molecule has 0 unspecified atom stereocenters. The van der Waals surface area contributed by atoms with Crippen LogP contribution in [-0.4, -0.2) is 27.5 Å². The molecule has 0 fully saturated rings. The highest BCUT2D eigenvalue weighted by molar-refractivity contribution is 7.12. The van der Waals surface area contributed by atoms with Gasteiger partial charge in [-0.25, -0.2) is 9.37 Å². The van der Waals surface area contributed by atoms with Gasteiger partial charge in [-0.2, -0.15) is 9.78 Å². The van der Waals surface area contributed by atoms with Gasteiger partial charge in [0.25, 0.3) is 5.91 Å². The van der Waals surface area contributed by atoms with Crippen LogP contribution >= 0.6 is 11.3 Å². The molecule has 4 aromatic rings. The van der Waals surface area contributed by atoms with E-state index < -0.39 is 11.7 Å². The molecule has 0 bridgehead atoms. The highest BCUT2D eigenvalue weighted by atomic mass is 32.1. The first kappa shape index (κ1) is 18.3. The number of nitrogens with zero attached hydrogens (tertiary/aromatic N) is 3. The molecule has 2 aromatic carbocycles. The number of hydrogen-bond acceptors (Lipinski definition) is 6. The second kappa shape index (κ2) is 7.27. The molecular formula is C21H15FN4O3S. The number of rotatable bonds is 4. The molecule has 0 saturated carbocycles. The molecule has 30 heavy (non-hydrogen) atoms. The number of amides is 1. The van der Waals surface area contributed by atoms with Crippen molar-refractivity contribution in [3.63, 3.8) is 0 Å². The van der Waals surface area contributed by atoms with Crippen LogP contribution in [0.3, 0.4) is 0 Å². The lowest BCUT2D eigenvalue weighted by Crippen LogP contribution is -2.16. The van der Waals surface area contributed by atoms with Crippen LogP contribution in [0.25, 0.3) is 16.4 Å². The van der Waals surface area contributed by atoms with Crippen LogP contribution in [0.15, 0.2) is 53.9 Å². The Balaban J connectivity index is 1.45. The predicted octanol–water partition coefficient (Wildman–Crippen LogP) is 4.42. The third kappa shape index (κ3) is 3.29. The Kier molecular flexibility index (Phi) is 4.44. The predicted molar refractivity (Wildman–Crippen MR) is 110 cm³/mol. The zero-order valence-electron chi connectivity index (χ0n) is 15.8. The van der Waals surface area contributed by atoms with Gasteiger partial charge in [0.1, 0.15) is 11.6 Å². The summed E-state index contributed by atoms with van der Waals surface area (Å²) in [4.78, 5) is 17.2. The minimum absolute atomic E-state index is 0.0388. The van der Waals surface area contributed by atoms with Crippen LogP contribution in [0.1, 0.15) is 16.1 Å². The van der Waals surface area contributed by atoms with Crippen molar-refractivity contribution in [2.24, 2.45) is 0 Å². The molecule has 5 rings (SSSR count). The molecular weight excluding hydrogens is 407 g/mol. The fourth-order valence-corrected chi connectivity index (χ4v) is 3.91. The van der Waals surface area contributed by atoms with Gasteiger partial charge in [-0.1, -0.05) is 12.1 Å². The second-order valence-electron chi connectivity index (χ2n) is 6.60. The van der Waals surface area contributed by atoms with Crippen molar-refractivity contribution in [1.82, 2.24) is 14.8 Å². The number of ether oxygens (including phenoxy) is 2. The van der Waals surface area contributed by atoms with Gasteiger partial charge < -0.3 is 14.8 Å². The van der Waals surface area contributed by atoms with Gasteiger partial charge in [-0.05, 0) is 37.3 Å². The summed E-state index contributed by atoms with van der Waals surface area (Å²) in [5.74, 6) is 0.649. The Bertz CT molecular complexity index is 1270. The van der Waals surface area contributed by atoms with E-state index in [2.05, 4.69) is 15.4 Å². The minimum atomic E-state index is -0.586. The summed E-state index contributed by atoms with van der Waals surface area (Å²) in [5.41, 5.74) is 2.28. The Labute approximate surface area is 174 Å². The molecule has 0 saturated heterocycles. The average Bonchev–Trinajstić information content (AvgIpc) is 3.47. The number of halogens is 1.